The van der Waals surface area contributed by atoms with Crippen LogP contribution >= 0.6 is 0 Å². The highest BCUT2D eigenvalue weighted by atomic mass is 16.5. The largest absolute Gasteiger partial charge is 0.497 e. The summed E-state index contributed by atoms with van der Waals surface area (Å²) in [6, 6.07) is 29.6. The first-order valence-corrected chi connectivity index (χ1v) is 12.0. The lowest BCUT2D eigenvalue weighted by molar-refractivity contribution is -0.141. The van der Waals surface area contributed by atoms with Gasteiger partial charge in [0.25, 0.3) is 0 Å². The summed E-state index contributed by atoms with van der Waals surface area (Å²) in [5.41, 5.74) is 2.73. The molecule has 0 saturated carbocycles. The van der Waals surface area contributed by atoms with Gasteiger partial charge in [-0.25, -0.2) is 0 Å². The van der Waals surface area contributed by atoms with Gasteiger partial charge in [-0.3, -0.25) is 9.59 Å². The Morgan fingerprint density at radius 3 is 2.19 bits per heavy atom. The maximum absolute atomic E-state index is 13.7. The number of rotatable bonds is 11. The monoisotopic (exact) mass is 482 g/mol. The molecule has 0 aliphatic carbocycles. The number of aryl methyl sites for hydroxylation is 1. The highest BCUT2D eigenvalue weighted by Crippen LogP contribution is 2.26. The van der Waals surface area contributed by atoms with Crippen molar-refractivity contribution in [2.45, 2.75) is 32.0 Å². The van der Waals surface area contributed by atoms with Gasteiger partial charge in [0.1, 0.15) is 17.6 Å². The first-order chi connectivity index (χ1) is 17.6. The summed E-state index contributed by atoms with van der Waals surface area (Å²) >= 11 is 0. The Morgan fingerprint density at radius 2 is 1.56 bits per heavy atom. The lowest BCUT2D eigenvalue weighted by atomic mass is 10.0. The second-order valence-corrected chi connectivity index (χ2v) is 8.47. The fourth-order valence-corrected chi connectivity index (χ4v) is 4.08. The summed E-state index contributed by atoms with van der Waals surface area (Å²) in [6.45, 7) is 0.523. The van der Waals surface area contributed by atoms with Gasteiger partial charge in [-0.05, 0) is 47.4 Å². The van der Waals surface area contributed by atoms with Crippen molar-refractivity contribution in [2.75, 3.05) is 7.11 Å². The van der Waals surface area contributed by atoms with Crippen molar-refractivity contribution in [1.29, 1.82) is 0 Å². The van der Waals surface area contributed by atoms with Gasteiger partial charge in [0, 0.05) is 13.0 Å². The van der Waals surface area contributed by atoms with Gasteiger partial charge in [0.15, 0.2) is 0 Å². The van der Waals surface area contributed by atoms with E-state index < -0.39 is 6.04 Å². The third-order valence-electron chi connectivity index (χ3n) is 5.99. The summed E-state index contributed by atoms with van der Waals surface area (Å²) in [4.78, 5) is 28.9. The Hall–Kier alpha value is -4.32. The number of carbonyl (C=O) groups excluding carboxylic acids is 2. The van der Waals surface area contributed by atoms with Crippen LogP contribution in [0.4, 0.5) is 0 Å². The van der Waals surface area contributed by atoms with Crippen molar-refractivity contribution in [1.82, 2.24) is 10.2 Å². The number of benzene rings is 3. The molecule has 2 amide bonds. The van der Waals surface area contributed by atoms with Crippen LogP contribution in [0.25, 0.3) is 0 Å². The molecule has 0 spiro atoms. The fourth-order valence-electron chi connectivity index (χ4n) is 4.08. The highest BCUT2D eigenvalue weighted by molar-refractivity contribution is 5.88. The Bertz CT molecular complexity index is 1220. The summed E-state index contributed by atoms with van der Waals surface area (Å²) in [7, 11) is 1.61. The van der Waals surface area contributed by atoms with E-state index in [0.717, 1.165) is 22.4 Å². The van der Waals surface area contributed by atoms with E-state index in [-0.39, 0.29) is 31.3 Å². The summed E-state index contributed by atoms with van der Waals surface area (Å²) in [6.07, 6.45) is 2.45. The first kappa shape index (κ1) is 24.8. The minimum Gasteiger partial charge on any atom is -0.497 e. The smallest absolute Gasteiger partial charge is 0.247 e. The third kappa shape index (κ3) is 6.63. The van der Waals surface area contributed by atoms with Gasteiger partial charge in [-0.2, -0.15) is 0 Å². The minimum absolute atomic E-state index is 0.100. The van der Waals surface area contributed by atoms with Gasteiger partial charge >= 0.3 is 0 Å². The van der Waals surface area contributed by atoms with Gasteiger partial charge < -0.3 is 19.4 Å². The van der Waals surface area contributed by atoms with Crippen molar-refractivity contribution in [3.63, 3.8) is 0 Å². The number of amides is 2. The van der Waals surface area contributed by atoms with Gasteiger partial charge in [-0.1, -0.05) is 72.8 Å². The number of nitrogens with one attached hydrogen (secondary N) is 1. The molecule has 36 heavy (non-hydrogen) atoms. The highest BCUT2D eigenvalue weighted by Gasteiger charge is 2.31. The van der Waals surface area contributed by atoms with Crippen molar-refractivity contribution in [3.05, 3.63) is 126 Å². The van der Waals surface area contributed by atoms with E-state index in [1.54, 1.807) is 30.4 Å². The Balaban J connectivity index is 1.62. The van der Waals surface area contributed by atoms with Crippen LogP contribution < -0.4 is 10.1 Å². The molecule has 184 valence electrons. The molecule has 4 aromatic rings. The van der Waals surface area contributed by atoms with E-state index >= 15 is 0 Å². The van der Waals surface area contributed by atoms with E-state index in [1.807, 2.05) is 84.9 Å². The number of methoxy groups -OCH3 is 1. The number of carbonyl (C=O) groups is 2. The zero-order valence-electron chi connectivity index (χ0n) is 20.3. The van der Waals surface area contributed by atoms with Crippen LogP contribution in [0.5, 0.6) is 5.75 Å². The molecule has 1 aromatic heterocycles. The molecule has 4 rings (SSSR count). The summed E-state index contributed by atoms with van der Waals surface area (Å²) in [5, 5.41) is 2.95. The van der Waals surface area contributed by atoms with E-state index in [4.69, 9.17) is 9.15 Å². The number of hydrogen-bond donors (Lipinski definition) is 1. The van der Waals surface area contributed by atoms with Crippen LogP contribution in [0.1, 0.15) is 34.9 Å². The predicted molar refractivity (Wildman–Crippen MR) is 138 cm³/mol. The normalized spacial score (nSPS) is 11.5. The topological polar surface area (TPSA) is 71.8 Å². The van der Waals surface area contributed by atoms with E-state index in [0.29, 0.717) is 12.2 Å². The van der Waals surface area contributed by atoms with Gasteiger partial charge in [0.05, 0.1) is 19.9 Å². The maximum atomic E-state index is 13.7. The fraction of sp³-hybridized carbons (Fsp3) is 0.200. The zero-order valence-corrected chi connectivity index (χ0v) is 20.3. The number of furan rings is 1. The van der Waals surface area contributed by atoms with E-state index in [2.05, 4.69) is 5.32 Å². The second kappa shape index (κ2) is 12.4. The molecule has 1 atom stereocenters. The molecule has 0 unspecified atom stereocenters. The molecule has 0 aliphatic rings. The Morgan fingerprint density at radius 1 is 0.861 bits per heavy atom. The van der Waals surface area contributed by atoms with Crippen LogP contribution in [-0.2, 0) is 29.1 Å². The maximum Gasteiger partial charge on any atom is 0.247 e. The molecule has 1 heterocycles. The molecule has 0 fully saturated rings. The number of nitrogens with zero attached hydrogens (tertiary/aromatic N) is 1. The molecule has 0 aliphatic heterocycles. The zero-order chi connectivity index (χ0) is 25.2. The summed E-state index contributed by atoms with van der Waals surface area (Å²) in [5.74, 6) is 1.01. The van der Waals surface area contributed by atoms with Crippen molar-refractivity contribution < 1.29 is 18.7 Å². The van der Waals surface area contributed by atoms with Crippen LogP contribution in [0.3, 0.4) is 0 Å². The molecular weight excluding hydrogens is 452 g/mol. The van der Waals surface area contributed by atoms with Gasteiger partial charge in [0.2, 0.25) is 11.8 Å². The van der Waals surface area contributed by atoms with Crippen molar-refractivity contribution >= 4 is 11.8 Å². The molecule has 6 heteroatoms. The molecule has 0 radical (unpaired) electrons. The van der Waals surface area contributed by atoms with Crippen molar-refractivity contribution in [3.8, 4) is 5.75 Å². The molecule has 0 saturated heterocycles. The van der Waals surface area contributed by atoms with Crippen LogP contribution in [0.2, 0.25) is 0 Å². The lowest BCUT2D eigenvalue weighted by Gasteiger charge is -2.32. The van der Waals surface area contributed by atoms with Crippen LogP contribution in [0.15, 0.2) is 108 Å². The van der Waals surface area contributed by atoms with Gasteiger partial charge in [-0.15, -0.1) is 0 Å². The quantitative estimate of drug-likeness (QED) is 0.315. The molecule has 0 bridgehead atoms. The van der Waals surface area contributed by atoms with Crippen LogP contribution in [0, 0.1) is 0 Å². The lowest BCUT2D eigenvalue weighted by Crippen LogP contribution is -2.43. The summed E-state index contributed by atoms with van der Waals surface area (Å²) < 4.78 is 10.7. The van der Waals surface area contributed by atoms with E-state index in [9.17, 15) is 9.59 Å². The Kier molecular flexibility index (Phi) is 8.54. The Labute approximate surface area is 211 Å². The van der Waals surface area contributed by atoms with Crippen LogP contribution in [-0.4, -0.2) is 23.8 Å². The second-order valence-electron chi connectivity index (χ2n) is 8.47. The molecular formula is C30H30N2O4. The average Bonchev–Trinajstić information content (AvgIpc) is 3.45. The minimum atomic E-state index is -0.800. The third-order valence-corrected chi connectivity index (χ3v) is 5.99. The molecule has 3 aromatic carbocycles. The SMILES string of the molecule is COc1ccc(CN(C(=O)CCc2ccccc2)[C@H](C(=O)NCc2ccco2)c2ccccc2)cc1. The standard InChI is InChI=1S/C30H30N2O4/c1-35-26-17-14-24(15-18-26)22-32(28(33)19-16-23-9-4-2-5-10-23)29(25-11-6-3-7-12-25)30(34)31-21-27-13-8-20-36-27/h2-15,17-18,20,29H,16,19,21-22H2,1H3,(H,31,34)/t29-/m0/s1. The van der Waals surface area contributed by atoms with Crippen molar-refractivity contribution in [2.24, 2.45) is 0 Å². The first-order valence-electron chi connectivity index (χ1n) is 12.0. The number of hydrogen-bond acceptors (Lipinski definition) is 4. The van der Waals surface area contributed by atoms with E-state index in [1.165, 1.54) is 0 Å². The molecule has 1 N–H and O–H groups in total. The average molecular weight is 483 g/mol. The number of ether oxygens (including phenoxy) is 1. The molecule has 6 nitrogen and oxygen atoms in total. The predicted octanol–water partition coefficient (Wildman–Crippen LogP) is 5.31.